The molecule has 0 radical (unpaired) electrons. The molecule has 9 nitrogen and oxygen atoms in total. The molecular weight excluding hydrogens is 642 g/mol. The Labute approximate surface area is 257 Å². The minimum atomic E-state index is -0.479. The monoisotopic (exact) mass is 667 g/mol. The van der Waals surface area contributed by atoms with E-state index in [1.54, 1.807) is 43.0 Å². The van der Waals surface area contributed by atoms with E-state index in [1.165, 1.54) is 11.3 Å². The Morgan fingerprint density at radius 3 is 2.40 bits per heavy atom. The normalized spacial score (nSPS) is 28.8. The number of H-pyrrole nitrogens is 1. The van der Waals surface area contributed by atoms with Crippen LogP contribution in [0.3, 0.4) is 0 Å². The first-order valence-electron chi connectivity index (χ1n) is 13.8. The lowest BCUT2D eigenvalue weighted by atomic mass is 9.68. The summed E-state index contributed by atoms with van der Waals surface area (Å²) in [5.74, 6) is -2.38. The number of fused-ring (bicyclic) bond motifs is 9. The van der Waals surface area contributed by atoms with Crippen LogP contribution >= 0.6 is 39.0 Å². The second kappa shape index (κ2) is 10.5. The smallest absolute Gasteiger partial charge is 0.338 e. The fourth-order valence-electron chi connectivity index (χ4n) is 7.53. The number of hydrogen-bond acceptors (Lipinski definition) is 8. The Balaban J connectivity index is 1.12. The van der Waals surface area contributed by atoms with Crippen molar-refractivity contribution < 1.29 is 23.9 Å². The number of hydrogen-bond donors (Lipinski definition) is 2. The number of aromatic amines is 1. The van der Waals surface area contributed by atoms with Crippen LogP contribution in [0.2, 0.25) is 0 Å². The molecule has 1 aromatic heterocycles. The van der Waals surface area contributed by atoms with Gasteiger partial charge in [0.1, 0.15) is 6.54 Å². The summed E-state index contributed by atoms with van der Waals surface area (Å²) >= 11 is 6.38. The van der Waals surface area contributed by atoms with Crippen molar-refractivity contribution in [3.63, 3.8) is 0 Å². The van der Waals surface area contributed by atoms with Gasteiger partial charge in [-0.25, -0.2) is 4.79 Å². The number of amides is 3. The van der Waals surface area contributed by atoms with Crippen molar-refractivity contribution in [1.29, 1.82) is 0 Å². The van der Waals surface area contributed by atoms with Gasteiger partial charge in [0.25, 0.3) is 0 Å². The van der Waals surface area contributed by atoms with E-state index in [0.717, 1.165) is 31.3 Å². The Morgan fingerprint density at radius 1 is 1.02 bits per heavy atom. The lowest BCUT2D eigenvalue weighted by Crippen LogP contribution is -2.42. The molecule has 2 N–H and O–H groups in total. The van der Waals surface area contributed by atoms with Gasteiger partial charge in [-0.3, -0.25) is 24.1 Å². The first-order valence-corrected chi connectivity index (χ1v) is 16.3. The molecule has 3 aromatic rings. The van der Waals surface area contributed by atoms with Gasteiger partial charge in [-0.1, -0.05) is 39.4 Å². The highest BCUT2D eigenvalue weighted by Crippen LogP contribution is 2.68. The highest BCUT2D eigenvalue weighted by Gasteiger charge is 2.69. The number of imide groups is 1. The van der Waals surface area contributed by atoms with Crippen molar-refractivity contribution in [2.75, 3.05) is 18.5 Å². The Kier molecular flexibility index (Phi) is 6.90. The van der Waals surface area contributed by atoms with Gasteiger partial charge in [-0.2, -0.15) is 0 Å². The molecule has 2 aromatic carbocycles. The number of nitrogens with one attached hydrogen (secondary N) is 2. The van der Waals surface area contributed by atoms with E-state index in [2.05, 4.69) is 38.4 Å². The van der Waals surface area contributed by atoms with Gasteiger partial charge in [0, 0.05) is 26.2 Å². The number of anilines is 1. The van der Waals surface area contributed by atoms with E-state index in [4.69, 9.17) is 4.74 Å². The van der Waals surface area contributed by atoms with Gasteiger partial charge in [-0.15, -0.1) is 11.8 Å². The number of nitrogens with zero attached hydrogens (tertiary/aromatic N) is 1. The number of benzene rings is 2. The lowest BCUT2D eigenvalue weighted by molar-refractivity contribution is -0.143. The molecule has 3 amide bonds. The van der Waals surface area contributed by atoms with Gasteiger partial charge < -0.3 is 15.0 Å². The third kappa shape index (κ3) is 4.37. The van der Waals surface area contributed by atoms with E-state index >= 15 is 0 Å². The fraction of sp³-hybridized carbons (Fsp3) is 0.367. The molecule has 4 aliphatic rings. The van der Waals surface area contributed by atoms with Crippen LogP contribution in [-0.2, 0) is 19.1 Å². The molecule has 42 heavy (non-hydrogen) atoms. The number of rotatable bonds is 6. The third-order valence-electron chi connectivity index (χ3n) is 9.03. The van der Waals surface area contributed by atoms with Gasteiger partial charge in [-0.05, 0) is 73.1 Å². The zero-order chi connectivity index (χ0) is 29.3. The molecule has 3 heterocycles. The molecule has 12 heteroatoms. The Morgan fingerprint density at radius 2 is 1.71 bits per heavy atom. The standard InChI is InChI=1S/C30H26BrN3O6S2/c1-2-40-29(38)14-5-9-16(10-6-14)32-19(35)12-34-27(36)22-17-11-18(23(22)28(34)37)24-21(17)20(13-3-7-15(31)8-4-13)25-26(41-24)33-30(39)42-25/h3-10,17-18,20-24H,2,11-12H2,1H3,(H,32,35)(H,33,39)/t17?,18?,20-,21?,22?,23?,24?/m1/s1. The maximum absolute atomic E-state index is 13.8. The molecular formula is C30H26BrN3O6S2. The maximum atomic E-state index is 13.8. The first-order chi connectivity index (χ1) is 20.2. The summed E-state index contributed by atoms with van der Waals surface area (Å²) in [6.07, 6.45) is 0.786. The summed E-state index contributed by atoms with van der Waals surface area (Å²) < 4.78 is 5.95. The number of esters is 1. The van der Waals surface area contributed by atoms with E-state index in [1.807, 2.05) is 12.1 Å². The molecule has 3 fully saturated rings. The van der Waals surface area contributed by atoms with E-state index in [9.17, 15) is 24.0 Å². The van der Waals surface area contributed by atoms with Gasteiger partial charge >= 0.3 is 10.8 Å². The summed E-state index contributed by atoms with van der Waals surface area (Å²) in [5, 5.41) is 3.69. The van der Waals surface area contributed by atoms with Crippen molar-refractivity contribution in [1.82, 2.24) is 9.88 Å². The topological polar surface area (TPSA) is 126 Å². The average molecular weight is 669 g/mol. The van der Waals surface area contributed by atoms with Crippen molar-refractivity contribution in [2.24, 2.45) is 29.6 Å². The first kappa shape index (κ1) is 27.6. The molecule has 2 saturated carbocycles. The minimum absolute atomic E-state index is 0.00978. The number of likely N-dealkylation sites (tertiary alicyclic amines) is 1. The van der Waals surface area contributed by atoms with Crippen LogP contribution in [0, 0.1) is 29.6 Å². The summed E-state index contributed by atoms with van der Waals surface area (Å²) in [4.78, 5) is 69.7. The van der Waals surface area contributed by atoms with Crippen LogP contribution in [0.1, 0.15) is 40.1 Å². The van der Waals surface area contributed by atoms with Crippen LogP contribution in [0.4, 0.5) is 5.69 Å². The second-order valence-electron chi connectivity index (χ2n) is 11.1. The molecule has 7 atom stereocenters. The number of ether oxygens (including phenoxy) is 1. The highest BCUT2D eigenvalue weighted by atomic mass is 79.9. The summed E-state index contributed by atoms with van der Waals surface area (Å²) in [7, 11) is 0. The summed E-state index contributed by atoms with van der Waals surface area (Å²) in [5.41, 5.74) is 1.91. The minimum Gasteiger partial charge on any atom is -0.462 e. The van der Waals surface area contributed by atoms with Crippen molar-refractivity contribution in [2.45, 2.75) is 29.5 Å². The molecule has 6 unspecified atom stereocenters. The quantitative estimate of drug-likeness (QED) is 0.293. The molecule has 1 saturated heterocycles. The van der Waals surface area contributed by atoms with Crippen LogP contribution in [0.5, 0.6) is 0 Å². The number of carbonyl (C=O) groups excluding carboxylic acids is 4. The molecule has 216 valence electrons. The highest BCUT2D eigenvalue weighted by molar-refractivity contribution is 9.10. The SMILES string of the molecule is CCOC(=O)c1ccc(NC(=O)CN2C(=O)C3C4CC(C3C2=O)C2C4Sc3[nH]c(=O)sc3[C@@H]2c2ccc(Br)cc2)cc1. The maximum Gasteiger partial charge on any atom is 0.338 e. The Hall–Kier alpha value is -3.22. The molecule has 0 spiro atoms. The molecule has 2 aliphatic carbocycles. The average Bonchev–Trinajstić information content (AvgIpc) is 3.70. The number of aromatic nitrogens is 1. The largest absolute Gasteiger partial charge is 0.462 e. The van der Waals surface area contributed by atoms with E-state index in [0.29, 0.717) is 11.3 Å². The van der Waals surface area contributed by atoms with Gasteiger partial charge in [0.2, 0.25) is 17.7 Å². The van der Waals surface area contributed by atoms with Gasteiger partial charge in [0.15, 0.2) is 0 Å². The predicted octanol–water partition coefficient (Wildman–Crippen LogP) is 4.49. The van der Waals surface area contributed by atoms with Crippen LogP contribution in [-0.4, -0.2) is 52.0 Å². The Bertz CT molecular complexity index is 1670. The lowest BCUT2D eigenvalue weighted by Gasteiger charge is -2.43. The number of halogens is 1. The second-order valence-corrected chi connectivity index (χ2v) is 14.2. The van der Waals surface area contributed by atoms with E-state index in [-0.39, 0.29) is 58.8 Å². The molecule has 2 bridgehead atoms. The zero-order valence-corrected chi connectivity index (χ0v) is 25.6. The number of thiazole rings is 1. The summed E-state index contributed by atoms with van der Waals surface area (Å²) in [6, 6.07) is 14.4. The molecule has 7 rings (SSSR count). The number of thioether (sulfide) groups is 1. The van der Waals surface area contributed by atoms with Crippen molar-refractivity contribution in [3.05, 3.63) is 78.7 Å². The van der Waals surface area contributed by atoms with E-state index < -0.39 is 23.7 Å². The van der Waals surface area contributed by atoms with Crippen LogP contribution in [0.15, 0.2) is 62.8 Å². The summed E-state index contributed by atoms with van der Waals surface area (Å²) in [6.45, 7) is 1.63. The van der Waals surface area contributed by atoms with Crippen molar-refractivity contribution in [3.8, 4) is 0 Å². The van der Waals surface area contributed by atoms with Gasteiger partial charge in [0.05, 0.1) is 29.0 Å². The number of carbonyl (C=O) groups is 4. The zero-order valence-electron chi connectivity index (χ0n) is 22.4. The predicted molar refractivity (Wildman–Crippen MR) is 160 cm³/mol. The van der Waals surface area contributed by atoms with Crippen molar-refractivity contribution >= 4 is 68.4 Å². The van der Waals surface area contributed by atoms with Crippen LogP contribution < -0.4 is 10.2 Å². The fourth-order valence-corrected chi connectivity index (χ4v) is 10.7. The third-order valence-corrected chi connectivity index (χ3v) is 12.1. The molecule has 2 aliphatic heterocycles. The van der Waals surface area contributed by atoms with Crippen LogP contribution in [0.25, 0.3) is 0 Å².